The van der Waals surface area contributed by atoms with Gasteiger partial charge in [-0.25, -0.2) is 4.39 Å². The molecule has 1 N–H and O–H groups in total. The molecule has 4 rings (SSSR count). The third-order valence-electron chi connectivity index (χ3n) is 4.61. The van der Waals surface area contributed by atoms with Gasteiger partial charge < -0.3 is 10.2 Å². The van der Waals surface area contributed by atoms with Crippen LogP contribution < -0.4 is 5.32 Å². The number of carbonyl (C=O) groups is 2. The number of nitrogens with one attached hydrogen (secondary N) is 1. The summed E-state index contributed by atoms with van der Waals surface area (Å²) >= 11 is 7.16. The first-order valence-corrected chi connectivity index (χ1v) is 10.2. The summed E-state index contributed by atoms with van der Waals surface area (Å²) in [6.45, 7) is 0.604. The van der Waals surface area contributed by atoms with Crippen LogP contribution in [0.3, 0.4) is 0 Å². The van der Waals surface area contributed by atoms with E-state index in [-0.39, 0.29) is 22.8 Å². The Morgan fingerprint density at radius 1 is 1.17 bits per heavy atom. The van der Waals surface area contributed by atoms with Gasteiger partial charge in [0.2, 0.25) is 5.01 Å². The number of hydrogen-bond acceptors (Lipinski definition) is 5. The van der Waals surface area contributed by atoms with Crippen molar-refractivity contribution in [3.63, 3.8) is 0 Å². The fourth-order valence-electron chi connectivity index (χ4n) is 3.23. The van der Waals surface area contributed by atoms with Crippen LogP contribution >= 0.6 is 22.9 Å². The van der Waals surface area contributed by atoms with Crippen molar-refractivity contribution in [1.29, 1.82) is 0 Å². The number of likely N-dealkylation sites (tertiary alicyclic amines) is 1. The first kappa shape index (κ1) is 19.5. The zero-order chi connectivity index (χ0) is 20.4. The molecule has 2 aromatic carbocycles. The van der Waals surface area contributed by atoms with Gasteiger partial charge in [-0.2, -0.15) is 0 Å². The summed E-state index contributed by atoms with van der Waals surface area (Å²) in [6.07, 6.45) is 1.59. The lowest BCUT2D eigenvalue weighted by Gasteiger charge is -2.22. The third-order valence-corrected chi connectivity index (χ3v) is 5.87. The molecule has 148 valence electrons. The molecule has 3 aromatic rings. The first-order chi connectivity index (χ1) is 14.0. The van der Waals surface area contributed by atoms with Crippen molar-refractivity contribution in [3.8, 4) is 0 Å². The largest absolute Gasteiger partial charge is 0.329 e. The van der Waals surface area contributed by atoms with Crippen LogP contribution in [-0.2, 0) is 0 Å². The maximum Gasteiger partial charge on any atom is 0.286 e. The van der Waals surface area contributed by atoms with Crippen LogP contribution in [0.25, 0.3) is 0 Å². The Hall–Kier alpha value is -2.84. The molecule has 0 bridgehead atoms. The van der Waals surface area contributed by atoms with Crippen LogP contribution in [0.4, 0.5) is 10.1 Å². The second-order valence-electron chi connectivity index (χ2n) is 6.57. The van der Waals surface area contributed by atoms with Crippen molar-refractivity contribution >= 4 is 40.4 Å². The average molecular weight is 431 g/mol. The van der Waals surface area contributed by atoms with Gasteiger partial charge in [0.25, 0.3) is 11.8 Å². The van der Waals surface area contributed by atoms with E-state index in [0.717, 1.165) is 24.2 Å². The van der Waals surface area contributed by atoms with E-state index in [1.54, 1.807) is 29.2 Å². The molecule has 1 aliphatic rings. The van der Waals surface area contributed by atoms with E-state index in [1.807, 2.05) is 0 Å². The van der Waals surface area contributed by atoms with E-state index >= 15 is 0 Å². The van der Waals surface area contributed by atoms with Crippen molar-refractivity contribution in [2.75, 3.05) is 11.9 Å². The molecule has 1 atom stereocenters. The second-order valence-corrected chi connectivity index (χ2v) is 8.02. The van der Waals surface area contributed by atoms with Gasteiger partial charge in [-0.1, -0.05) is 29.0 Å². The molecule has 9 heteroatoms. The standard InChI is InChI=1S/C20H16ClFN4O2S/c21-13-4-1-3-12(11-13)20(28)26-10-2-5-16(26)18-24-25-19(29-18)17(27)23-15-8-6-14(22)7-9-15/h1,3-4,6-9,11,16H,2,5,10H2,(H,23,27)/t16-/m0/s1. The van der Waals surface area contributed by atoms with Crippen LogP contribution in [-0.4, -0.2) is 33.5 Å². The number of halogens is 2. The minimum atomic E-state index is -0.425. The van der Waals surface area contributed by atoms with Gasteiger partial charge in [-0.05, 0) is 55.3 Å². The number of hydrogen-bond donors (Lipinski definition) is 1. The van der Waals surface area contributed by atoms with Gasteiger partial charge in [0.15, 0.2) is 0 Å². The average Bonchev–Trinajstić information content (AvgIpc) is 3.38. The number of nitrogens with zero attached hydrogens (tertiary/aromatic N) is 3. The third kappa shape index (κ3) is 4.28. The van der Waals surface area contributed by atoms with Crippen molar-refractivity contribution in [2.24, 2.45) is 0 Å². The van der Waals surface area contributed by atoms with Gasteiger partial charge in [-0.3, -0.25) is 9.59 Å². The molecule has 1 fully saturated rings. The first-order valence-electron chi connectivity index (χ1n) is 8.98. The molecule has 0 radical (unpaired) electrons. The van der Waals surface area contributed by atoms with Gasteiger partial charge in [0.05, 0.1) is 6.04 Å². The Morgan fingerprint density at radius 2 is 1.97 bits per heavy atom. The minimum absolute atomic E-state index is 0.123. The lowest BCUT2D eigenvalue weighted by molar-refractivity contribution is 0.0735. The van der Waals surface area contributed by atoms with E-state index < -0.39 is 5.91 Å². The molecule has 1 aliphatic heterocycles. The van der Waals surface area contributed by atoms with Gasteiger partial charge in [0.1, 0.15) is 10.8 Å². The Morgan fingerprint density at radius 3 is 2.72 bits per heavy atom. The van der Waals surface area contributed by atoms with Gasteiger partial charge in [0, 0.05) is 22.8 Å². The predicted octanol–water partition coefficient (Wildman–Crippen LogP) is 4.56. The number of anilines is 1. The molecule has 2 heterocycles. The number of aromatic nitrogens is 2. The Kier molecular flexibility index (Phi) is 5.55. The van der Waals surface area contributed by atoms with Crippen LogP contribution in [0.1, 0.15) is 44.1 Å². The zero-order valence-electron chi connectivity index (χ0n) is 15.1. The van der Waals surface area contributed by atoms with Gasteiger partial charge >= 0.3 is 0 Å². The van der Waals surface area contributed by atoms with Crippen molar-refractivity contribution in [3.05, 3.63) is 74.9 Å². The van der Waals surface area contributed by atoms with E-state index in [1.165, 1.54) is 24.3 Å². The maximum absolute atomic E-state index is 13.0. The molecule has 1 aromatic heterocycles. The Labute approximate surface area is 175 Å². The summed E-state index contributed by atoms with van der Waals surface area (Å²) in [5.41, 5.74) is 0.981. The highest BCUT2D eigenvalue weighted by Gasteiger charge is 2.33. The highest BCUT2D eigenvalue weighted by atomic mass is 35.5. The molecule has 0 saturated carbocycles. The van der Waals surface area contributed by atoms with Crippen LogP contribution in [0.15, 0.2) is 48.5 Å². The predicted molar refractivity (Wildman–Crippen MR) is 109 cm³/mol. The van der Waals surface area contributed by atoms with Crippen LogP contribution in [0.5, 0.6) is 0 Å². The van der Waals surface area contributed by atoms with Crippen molar-refractivity contribution in [1.82, 2.24) is 15.1 Å². The Bertz CT molecular complexity index is 1060. The normalized spacial score (nSPS) is 16.1. The van der Waals surface area contributed by atoms with E-state index in [2.05, 4.69) is 15.5 Å². The molecule has 1 saturated heterocycles. The van der Waals surface area contributed by atoms with Crippen LogP contribution in [0.2, 0.25) is 5.02 Å². The summed E-state index contributed by atoms with van der Waals surface area (Å²) in [5.74, 6) is -0.930. The molecule has 6 nitrogen and oxygen atoms in total. The summed E-state index contributed by atoms with van der Waals surface area (Å²) in [4.78, 5) is 27.1. The molecular weight excluding hydrogens is 415 g/mol. The highest BCUT2D eigenvalue weighted by molar-refractivity contribution is 7.13. The van der Waals surface area contributed by atoms with E-state index in [0.29, 0.717) is 27.8 Å². The smallest absolute Gasteiger partial charge is 0.286 e. The van der Waals surface area contributed by atoms with Gasteiger partial charge in [-0.15, -0.1) is 10.2 Å². The monoisotopic (exact) mass is 430 g/mol. The Balaban J connectivity index is 1.49. The number of amides is 2. The fourth-order valence-corrected chi connectivity index (χ4v) is 4.31. The molecule has 0 spiro atoms. The van der Waals surface area contributed by atoms with E-state index in [4.69, 9.17) is 11.6 Å². The molecule has 0 unspecified atom stereocenters. The number of carbonyl (C=O) groups excluding carboxylic acids is 2. The fraction of sp³-hybridized carbons (Fsp3) is 0.200. The van der Waals surface area contributed by atoms with Crippen molar-refractivity contribution < 1.29 is 14.0 Å². The number of benzene rings is 2. The van der Waals surface area contributed by atoms with Crippen molar-refractivity contribution in [2.45, 2.75) is 18.9 Å². The van der Waals surface area contributed by atoms with Crippen LogP contribution in [0, 0.1) is 5.82 Å². The summed E-state index contributed by atoms with van der Waals surface area (Å²) in [5, 5.41) is 12.1. The number of rotatable bonds is 4. The topological polar surface area (TPSA) is 75.2 Å². The molecule has 0 aliphatic carbocycles. The minimum Gasteiger partial charge on any atom is -0.329 e. The zero-order valence-corrected chi connectivity index (χ0v) is 16.7. The summed E-state index contributed by atoms with van der Waals surface area (Å²) < 4.78 is 13.0. The second kappa shape index (κ2) is 8.26. The molecule has 29 heavy (non-hydrogen) atoms. The summed E-state index contributed by atoms with van der Waals surface area (Å²) in [6, 6.07) is 12.1. The molecule has 2 amide bonds. The quantitative estimate of drug-likeness (QED) is 0.658. The molecular formula is C20H16ClFN4O2S. The SMILES string of the molecule is O=C(Nc1ccc(F)cc1)c1nnc([C@@H]2CCCN2C(=O)c2cccc(Cl)c2)s1. The lowest BCUT2D eigenvalue weighted by atomic mass is 10.1. The highest BCUT2D eigenvalue weighted by Crippen LogP contribution is 2.35. The maximum atomic E-state index is 13.0. The van der Waals surface area contributed by atoms with E-state index in [9.17, 15) is 14.0 Å². The lowest BCUT2D eigenvalue weighted by Crippen LogP contribution is -2.30. The summed E-state index contributed by atoms with van der Waals surface area (Å²) in [7, 11) is 0.